The first-order chi connectivity index (χ1) is 15.8. The van der Waals surface area contributed by atoms with Crippen LogP contribution in [0.1, 0.15) is 57.8 Å². The Morgan fingerprint density at radius 3 is 2.67 bits per heavy atom. The van der Waals surface area contributed by atoms with Gasteiger partial charge in [-0.25, -0.2) is 0 Å². The fraction of sp³-hybridized carbons (Fsp3) is 0.958. The summed E-state index contributed by atoms with van der Waals surface area (Å²) in [5, 5.41) is 10.3. The summed E-state index contributed by atoms with van der Waals surface area (Å²) in [6, 6.07) is -0.148. The molecule has 8 nitrogen and oxygen atoms in total. The van der Waals surface area contributed by atoms with E-state index in [9.17, 15) is 4.79 Å². The molecule has 1 aliphatic carbocycles. The average molecular weight is 487 g/mol. The van der Waals surface area contributed by atoms with Crippen molar-refractivity contribution in [1.82, 2.24) is 20.9 Å². The minimum absolute atomic E-state index is 0.00557. The first-order valence-corrected chi connectivity index (χ1v) is 13.4. The molecule has 3 rings (SSSR count). The number of carbonyl (C=O) groups excluding carboxylic acids is 1. The maximum absolute atomic E-state index is 13.5. The van der Waals surface area contributed by atoms with Gasteiger partial charge in [0.25, 0.3) is 0 Å². The first-order valence-electron chi connectivity index (χ1n) is 13.0. The maximum atomic E-state index is 13.5. The second-order valence-corrected chi connectivity index (χ2v) is 11.5. The van der Waals surface area contributed by atoms with Crippen LogP contribution >= 0.6 is 11.6 Å². The first kappa shape index (κ1) is 27.1. The van der Waals surface area contributed by atoms with Gasteiger partial charge in [0.1, 0.15) is 0 Å². The molecule has 0 aromatic rings. The normalized spacial score (nSPS) is 31.5. The summed E-state index contributed by atoms with van der Waals surface area (Å²) in [5.41, 5.74) is 12.7. The SMILES string of the molecule is CN(C)CCCOC1CCNCC1NC(=O)C(C(N)N)C1CC2(CCCCC2)CC(Cl)CN1. The molecule has 0 radical (unpaired) electrons. The second-order valence-electron chi connectivity index (χ2n) is 10.9. The van der Waals surface area contributed by atoms with E-state index < -0.39 is 12.1 Å². The molecule has 5 unspecified atom stereocenters. The number of carbonyl (C=O) groups is 1. The molecule has 0 aromatic carbocycles. The maximum Gasteiger partial charge on any atom is 0.227 e. The number of nitrogens with one attached hydrogen (secondary N) is 3. The van der Waals surface area contributed by atoms with Gasteiger partial charge < -0.3 is 37.1 Å². The van der Waals surface area contributed by atoms with Crippen LogP contribution in [0.3, 0.4) is 0 Å². The molecule has 7 N–H and O–H groups in total. The number of nitrogens with zero attached hydrogens (tertiary/aromatic N) is 1. The Labute approximate surface area is 205 Å². The zero-order chi connectivity index (χ0) is 23.8. The van der Waals surface area contributed by atoms with Crippen molar-refractivity contribution < 1.29 is 9.53 Å². The van der Waals surface area contributed by atoms with Gasteiger partial charge in [0.05, 0.1) is 24.2 Å². The van der Waals surface area contributed by atoms with E-state index in [1.54, 1.807) is 0 Å². The Hall–Kier alpha value is -0.480. The molecule has 2 aliphatic heterocycles. The number of amides is 1. The summed E-state index contributed by atoms with van der Waals surface area (Å²) < 4.78 is 6.18. The quantitative estimate of drug-likeness (QED) is 0.187. The lowest BCUT2D eigenvalue weighted by Gasteiger charge is -2.41. The predicted octanol–water partition coefficient (Wildman–Crippen LogP) is 0.971. The summed E-state index contributed by atoms with van der Waals surface area (Å²) in [5.74, 6) is -0.570. The Morgan fingerprint density at radius 1 is 1.21 bits per heavy atom. The van der Waals surface area contributed by atoms with E-state index >= 15 is 0 Å². The van der Waals surface area contributed by atoms with Crippen molar-refractivity contribution in [2.45, 2.75) is 87.5 Å². The van der Waals surface area contributed by atoms with Crippen LogP contribution in [-0.4, -0.2) is 87.4 Å². The molecule has 33 heavy (non-hydrogen) atoms. The van der Waals surface area contributed by atoms with Crippen molar-refractivity contribution in [2.75, 3.05) is 46.9 Å². The lowest BCUT2D eigenvalue weighted by atomic mass is 9.67. The van der Waals surface area contributed by atoms with Gasteiger partial charge in [-0.3, -0.25) is 4.79 Å². The monoisotopic (exact) mass is 486 g/mol. The van der Waals surface area contributed by atoms with Crippen molar-refractivity contribution in [3.63, 3.8) is 0 Å². The van der Waals surface area contributed by atoms with Crippen molar-refractivity contribution >= 4 is 17.5 Å². The van der Waals surface area contributed by atoms with Crippen LogP contribution in [-0.2, 0) is 9.53 Å². The molecular formula is C24H47ClN6O2. The van der Waals surface area contributed by atoms with Gasteiger partial charge in [-0.05, 0) is 71.1 Å². The van der Waals surface area contributed by atoms with Crippen LogP contribution in [0.5, 0.6) is 0 Å². The highest BCUT2D eigenvalue weighted by atomic mass is 35.5. The molecule has 9 heteroatoms. The van der Waals surface area contributed by atoms with E-state index in [1.165, 1.54) is 32.1 Å². The lowest BCUT2D eigenvalue weighted by Crippen LogP contribution is -2.61. The highest BCUT2D eigenvalue weighted by Gasteiger charge is 2.44. The number of hydrogen-bond donors (Lipinski definition) is 5. The number of alkyl halides is 1. The van der Waals surface area contributed by atoms with Crippen molar-refractivity contribution in [1.29, 1.82) is 0 Å². The van der Waals surface area contributed by atoms with E-state index in [1.807, 2.05) is 0 Å². The number of rotatable bonds is 9. The molecular weight excluding hydrogens is 440 g/mol. The van der Waals surface area contributed by atoms with Gasteiger partial charge in [-0.15, -0.1) is 11.6 Å². The van der Waals surface area contributed by atoms with E-state index in [0.717, 1.165) is 38.8 Å². The molecule has 1 saturated carbocycles. The summed E-state index contributed by atoms with van der Waals surface area (Å²) in [7, 11) is 4.13. The van der Waals surface area contributed by atoms with E-state index in [2.05, 4.69) is 34.9 Å². The molecule has 1 spiro atoms. The Balaban J connectivity index is 1.64. The van der Waals surface area contributed by atoms with Gasteiger partial charge in [-0.1, -0.05) is 19.3 Å². The third-order valence-electron chi connectivity index (χ3n) is 7.80. The number of halogens is 1. The van der Waals surface area contributed by atoms with E-state index in [4.69, 9.17) is 27.8 Å². The Bertz CT molecular complexity index is 602. The number of hydrogen-bond acceptors (Lipinski definition) is 7. The molecule has 5 atom stereocenters. The van der Waals surface area contributed by atoms with E-state index in [-0.39, 0.29) is 34.9 Å². The fourth-order valence-corrected chi connectivity index (χ4v) is 6.52. The highest BCUT2D eigenvalue weighted by molar-refractivity contribution is 6.20. The molecule has 0 aromatic heterocycles. The standard InChI is InChI=1S/C24H47ClN6O2/c1-31(2)11-6-12-33-20-7-10-28-16-19(20)30-23(32)21(22(26)27)18-14-24(8-4-3-5-9-24)13-17(25)15-29-18/h17-22,28-29H,3-16,26-27H2,1-2H3,(H,30,32). The summed E-state index contributed by atoms with van der Waals surface area (Å²) in [6.45, 7) is 3.96. The molecule has 192 valence electrons. The molecule has 2 saturated heterocycles. The molecule has 3 fully saturated rings. The zero-order valence-corrected chi connectivity index (χ0v) is 21.4. The molecule has 1 amide bonds. The number of ether oxygens (including phenoxy) is 1. The van der Waals surface area contributed by atoms with Crippen LogP contribution in [0.15, 0.2) is 0 Å². The molecule has 3 aliphatic rings. The van der Waals surface area contributed by atoms with E-state index in [0.29, 0.717) is 19.7 Å². The largest absolute Gasteiger partial charge is 0.376 e. The average Bonchev–Trinajstić information content (AvgIpc) is 2.91. The van der Waals surface area contributed by atoms with Gasteiger partial charge in [-0.2, -0.15) is 0 Å². The van der Waals surface area contributed by atoms with Crippen LogP contribution in [0.2, 0.25) is 0 Å². The summed E-state index contributed by atoms with van der Waals surface area (Å²) in [6.07, 6.45) is 9.16. The number of piperidine rings is 1. The highest BCUT2D eigenvalue weighted by Crippen LogP contribution is 2.46. The summed E-state index contributed by atoms with van der Waals surface area (Å²) in [4.78, 5) is 15.7. The topological polar surface area (TPSA) is 118 Å². The minimum Gasteiger partial charge on any atom is -0.376 e. The molecule has 2 heterocycles. The predicted molar refractivity (Wildman–Crippen MR) is 134 cm³/mol. The van der Waals surface area contributed by atoms with Crippen molar-refractivity contribution in [3.05, 3.63) is 0 Å². The Morgan fingerprint density at radius 2 is 1.97 bits per heavy atom. The van der Waals surface area contributed by atoms with Crippen LogP contribution < -0.4 is 27.4 Å². The molecule has 0 bridgehead atoms. The van der Waals surface area contributed by atoms with Gasteiger partial charge in [0.15, 0.2) is 0 Å². The lowest BCUT2D eigenvalue weighted by molar-refractivity contribution is -0.129. The van der Waals surface area contributed by atoms with Crippen LogP contribution in [0, 0.1) is 11.3 Å². The third-order valence-corrected chi connectivity index (χ3v) is 8.11. The van der Waals surface area contributed by atoms with Gasteiger partial charge >= 0.3 is 0 Å². The minimum atomic E-state index is -0.731. The van der Waals surface area contributed by atoms with Gasteiger partial charge in [0, 0.05) is 31.1 Å². The third kappa shape index (κ3) is 8.02. The van der Waals surface area contributed by atoms with Crippen molar-refractivity contribution in [3.8, 4) is 0 Å². The smallest absolute Gasteiger partial charge is 0.227 e. The van der Waals surface area contributed by atoms with Crippen molar-refractivity contribution in [2.24, 2.45) is 22.8 Å². The number of nitrogens with two attached hydrogens (primary N) is 2. The van der Waals surface area contributed by atoms with Crippen LogP contribution in [0.4, 0.5) is 0 Å². The Kier molecular flexibility index (Phi) is 10.7. The zero-order valence-electron chi connectivity index (χ0n) is 20.7. The fourth-order valence-electron chi connectivity index (χ4n) is 6.11. The summed E-state index contributed by atoms with van der Waals surface area (Å²) >= 11 is 6.67. The van der Waals surface area contributed by atoms with Gasteiger partial charge in [0.2, 0.25) is 5.91 Å². The second kappa shape index (κ2) is 13.0. The van der Waals surface area contributed by atoms with Crippen LogP contribution in [0.25, 0.3) is 0 Å².